The highest BCUT2D eigenvalue weighted by atomic mass is 35.5. The van der Waals surface area contributed by atoms with Gasteiger partial charge in [-0.2, -0.15) is 0 Å². The molecule has 1 aromatic carbocycles. The second kappa shape index (κ2) is 8.33. The highest BCUT2D eigenvalue weighted by Crippen LogP contribution is 2.27. The maximum atomic E-state index is 12.5. The maximum Gasteiger partial charge on any atom is 0.237 e. The van der Waals surface area contributed by atoms with Crippen LogP contribution in [0.1, 0.15) is 13.8 Å². The van der Waals surface area contributed by atoms with Gasteiger partial charge in [0.1, 0.15) is 0 Å². The number of anilines is 1. The van der Waals surface area contributed by atoms with Gasteiger partial charge in [0.2, 0.25) is 5.91 Å². The van der Waals surface area contributed by atoms with E-state index in [-0.39, 0.29) is 11.2 Å². The fourth-order valence-electron chi connectivity index (χ4n) is 2.40. The van der Waals surface area contributed by atoms with Crippen molar-refractivity contribution in [2.75, 3.05) is 5.32 Å². The fourth-order valence-corrected chi connectivity index (χ4v) is 3.50. The van der Waals surface area contributed by atoms with Crippen LogP contribution in [-0.2, 0) is 11.3 Å². The van der Waals surface area contributed by atoms with E-state index < -0.39 is 0 Å². The number of carbonyl (C=O) groups excluding carboxylic acids is 1. The van der Waals surface area contributed by atoms with Crippen molar-refractivity contribution < 1.29 is 4.79 Å². The molecule has 0 unspecified atom stereocenters. The first-order valence-electron chi connectivity index (χ1n) is 8.15. The van der Waals surface area contributed by atoms with E-state index in [1.807, 2.05) is 30.5 Å². The minimum Gasteiger partial charge on any atom is -0.325 e. The molecule has 2 heterocycles. The molecule has 0 fully saturated rings. The number of nitrogens with zero attached hydrogens (tertiary/aromatic N) is 4. The molecule has 0 saturated heterocycles. The van der Waals surface area contributed by atoms with Crippen LogP contribution in [0.25, 0.3) is 11.4 Å². The molecule has 1 atom stereocenters. The smallest absolute Gasteiger partial charge is 0.237 e. The normalized spacial score (nSPS) is 12.0. The van der Waals surface area contributed by atoms with Crippen LogP contribution in [0.3, 0.4) is 0 Å². The topological polar surface area (TPSA) is 72.7 Å². The molecule has 1 N–H and O–H groups in total. The fraction of sp³-hybridized carbons (Fsp3) is 0.222. The van der Waals surface area contributed by atoms with Gasteiger partial charge in [0.15, 0.2) is 11.0 Å². The van der Waals surface area contributed by atoms with Crippen molar-refractivity contribution >= 4 is 35.0 Å². The molecule has 0 radical (unpaired) electrons. The van der Waals surface area contributed by atoms with E-state index in [0.29, 0.717) is 22.4 Å². The van der Waals surface area contributed by atoms with Gasteiger partial charge in [-0.05, 0) is 44.2 Å². The van der Waals surface area contributed by atoms with E-state index in [2.05, 4.69) is 20.5 Å². The molecule has 8 heteroatoms. The van der Waals surface area contributed by atoms with Crippen molar-refractivity contribution in [2.24, 2.45) is 0 Å². The molecule has 0 aliphatic heterocycles. The standard InChI is InChI=1S/C18H18ClN5OS/c1-3-24-16(13-7-9-20-10-8-13)22-23-18(24)26-12(2)17(25)21-15-6-4-5-14(19)11-15/h4-12H,3H2,1-2H3,(H,21,25)/t12-/m1/s1. The molecule has 1 amide bonds. The Hall–Kier alpha value is -2.38. The summed E-state index contributed by atoms with van der Waals surface area (Å²) in [6.07, 6.45) is 3.44. The number of hydrogen-bond acceptors (Lipinski definition) is 5. The lowest BCUT2D eigenvalue weighted by Crippen LogP contribution is -2.22. The molecule has 26 heavy (non-hydrogen) atoms. The van der Waals surface area contributed by atoms with Crippen LogP contribution >= 0.6 is 23.4 Å². The Morgan fingerprint density at radius 1 is 1.27 bits per heavy atom. The van der Waals surface area contributed by atoms with Gasteiger partial charge in [0.05, 0.1) is 5.25 Å². The highest BCUT2D eigenvalue weighted by Gasteiger charge is 2.20. The van der Waals surface area contributed by atoms with Gasteiger partial charge in [-0.3, -0.25) is 9.78 Å². The highest BCUT2D eigenvalue weighted by molar-refractivity contribution is 8.00. The molecule has 0 bridgehead atoms. The van der Waals surface area contributed by atoms with E-state index in [9.17, 15) is 4.79 Å². The number of nitrogens with one attached hydrogen (secondary N) is 1. The average Bonchev–Trinajstić information content (AvgIpc) is 3.05. The van der Waals surface area contributed by atoms with E-state index in [1.54, 1.807) is 36.7 Å². The molecule has 0 aliphatic carbocycles. The average molecular weight is 388 g/mol. The Labute approximate surface area is 161 Å². The SMILES string of the molecule is CCn1c(S[C@H](C)C(=O)Nc2cccc(Cl)c2)nnc1-c1ccncc1. The van der Waals surface area contributed by atoms with Crippen LogP contribution in [0.4, 0.5) is 5.69 Å². The zero-order valence-electron chi connectivity index (χ0n) is 14.4. The van der Waals surface area contributed by atoms with Crippen LogP contribution in [0.5, 0.6) is 0 Å². The Balaban J connectivity index is 1.74. The maximum absolute atomic E-state index is 12.5. The number of hydrogen-bond donors (Lipinski definition) is 1. The summed E-state index contributed by atoms with van der Waals surface area (Å²) in [7, 11) is 0. The van der Waals surface area contributed by atoms with Gasteiger partial charge in [-0.25, -0.2) is 0 Å². The molecule has 3 rings (SSSR count). The number of pyridine rings is 1. The quantitative estimate of drug-likeness (QED) is 0.643. The lowest BCUT2D eigenvalue weighted by Gasteiger charge is -2.13. The third-order valence-corrected chi connectivity index (χ3v) is 5.03. The summed E-state index contributed by atoms with van der Waals surface area (Å²) in [5.74, 6) is 0.647. The summed E-state index contributed by atoms with van der Waals surface area (Å²) in [4.78, 5) is 16.5. The van der Waals surface area contributed by atoms with Crippen LogP contribution in [0.2, 0.25) is 5.02 Å². The summed E-state index contributed by atoms with van der Waals surface area (Å²) in [5.41, 5.74) is 1.61. The second-order valence-corrected chi connectivity index (χ2v) is 7.29. The summed E-state index contributed by atoms with van der Waals surface area (Å²) in [5, 5.41) is 12.4. The van der Waals surface area contributed by atoms with Gasteiger partial charge in [0, 0.05) is 35.2 Å². The largest absolute Gasteiger partial charge is 0.325 e. The van der Waals surface area contributed by atoms with Gasteiger partial charge < -0.3 is 9.88 Å². The molecule has 0 saturated carbocycles. The summed E-state index contributed by atoms with van der Waals surface area (Å²) in [6, 6.07) is 10.9. The Morgan fingerprint density at radius 3 is 2.73 bits per heavy atom. The monoisotopic (exact) mass is 387 g/mol. The summed E-state index contributed by atoms with van der Waals surface area (Å²) < 4.78 is 1.99. The van der Waals surface area contributed by atoms with E-state index in [4.69, 9.17) is 11.6 Å². The first-order chi connectivity index (χ1) is 12.6. The van der Waals surface area contributed by atoms with Crippen LogP contribution < -0.4 is 5.32 Å². The molecule has 0 aliphatic rings. The van der Waals surface area contributed by atoms with Crippen molar-refractivity contribution in [3.8, 4) is 11.4 Å². The van der Waals surface area contributed by atoms with Gasteiger partial charge >= 0.3 is 0 Å². The minimum absolute atomic E-state index is 0.117. The van der Waals surface area contributed by atoms with E-state index in [1.165, 1.54) is 11.8 Å². The number of thioether (sulfide) groups is 1. The van der Waals surface area contributed by atoms with E-state index in [0.717, 1.165) is 11.4 Å². The predicted octanol–water partition coefficient (Wildman–Crippen LogP) is 4.13. The zero-order valence-corrected chi connectivity index (χ0v) is 16.0. The van der Waals surface area contributed by atoms with Crippen molar-refractivity contribution in [2.45, 2.75) is 30.8 Å². The Morgan fingerprint density at radius 2 is 2.04 bits per heavy atom. The third kappa shape index (κ3) is 4.23. The first kappa shape index (κ1) is 18.4. The number of aromatic nitrogens is 4. The summed E-state index contributed by atoms with van der Waals surface area (Å²) in [6.45, 7) is 4.57. The van der Waals surface area contributed by atoms with Crippen LogP contribution in [0, 0.1) is 0 Å². The van der Waals surface area contributed by atoms with Crippen molar-refractivity contribution in [1.29, 1.82) is 0 Å². The molecule has 134 valence electrons. The number of rotatable bonds is 6. The first-order valence-corrected chi connectivity index (χ1v) is 9.41. The van der Waals surface area contributed by atoms with Crippen LogP contribution in [0.15, 0.2) is 53.9 Å². The molecular weight excluding hydrogens is 370 g/mol. The third-order valence-electron chi connectivity index (χ3n) is 3.72. The van der Waals surface area contributed by atoms with Gasteiger partial charge in [0.25, 0.3) is 0 Å². The number of benzene rings is 1. The van der Waals surface area contributed by atoms with Gasteiger partial charge in [-0.1, -0.05) is 29.4 Å². The molecular formula is C18H18ClN5OS. The summed E-state index contributed by atoms with van der Waals surface area (Å²) >= 11 is 7.33. The lowest BCUT2D eigenvalue weighted by atomic mass is 10.2. The second-order valence-electron chi connectivity index (χ2n) is 5.55. The minimum atomic E-state index is -0.339. The molecule has 3 aromatic rings. The number of amides is 1. The van der Waals surface area contributed by atoms with Crippen molar-refractivity contribution in [1.82, 2.24) is 19.7 Å². The number of halogens is 1. The Bertz CT molecular complexity index is 900. The van der Waals surface area contributed by atoms with Crippen LogP contribution in [-0.4, -0.2) is 30.9 Å². The lowest BCUT2D eigenvalue weighted by molar-refractivity contribution is -0.115. The van der Waals surface area contributed by atoms with Gasteiger partial charge in [-0.15, -0.1) is 10.2 Å². The predicted molar refractivity (Wildman–Crippen MR) is 104 cm³/mol. The van der Waals surface area contributed by atoms with Crippen molar-refractivity contribution in [3.05, 3.63) is 53.8 Å². The van der Waals surface area contributed by atoms with E-state index >= 15 is 0 Å². The number of carbonyl (C=O) groups is 1. The molecule has 2 aromatic heterocycles. The Kier molecular flexibility index (Phi) is 5.90. The van der Waals surface area contributed by atoms with Crippen molar-refractivity contribution in [3.63, 3.8) is 0 Å². The molecule has 0 spiro atoms. The zero-order chi connectivity index (χ0) is 18.5. The molecule has 6 nitrogen and oxygen atoms in total.